The summed E-state index contributed by atoms with van der Waals surface area (Å²) in [4.78, 5) is 34.8. The summed E-state index contributed by atoms with van der Waals surface area (Å²) in [7, 11) is 0. The third kappa shape index (κ3) is 5.17. The number of rotatable bonds is 7. The Morgan fingerprint density at radius 3 is 2.19 bits per heavy atom. The lowest BCUT2D eigenvalue weighted by atomic mass is 10.1. The molecule has 1 N–H and O–H groups in total. The van der Waals surface area contributed by atoms with Crippen LogP contribution in [0, 0.1) is 0 Å². The number of nitrogens with one attached hydrogen (secondary N) is 1. The van der Waals surface area contributed by atoms with Crippen molar-refractivity contribution in [1.29, 1.82) is 0 Å². The highest BCUT2D eigenvalue weighted by Gasteiger charge is 2.12. The fraction of sp³-hybridized carbons (Fsp3) is 0.250. The summed E-state index contributed by atoms with van der Waals surface area (Å²) in [5, 5.41) is 2.63. The number of Topliss-reactive ketones (excluding diaryl/α,β-unsaturated/α-hetero) is 1. The lowest BCUT2D eigenvalue weighted by Crippen LogP contribution is -2.09. The van der Waals surface area contributed by atoms with E-state index in [0.29, 0.717) is 34.7 Å². The summed E-state index contributed by atoms with van der Waals surface area (Å²) in [5.41, 5.74) is 2.11. The molecule has 1 amide bonds. The molecule has 6 nitrogen and oxygen atoms in total. The Labute approximate surface area is 152 Å². The fourth-order valence-corrected chi connectivity index (χ4v) is 2.33. The Balaban J connectivity index is 2.09. The van der Waals surface area contributed by atoms with E-state index in [1.807, 2.05) is 6.92 Å². The molecule has 0 unspecified atom stereocenters. The minimum absolute atomic E-state index is 0.0112. The van der Waals surface area contributed by atoms with Crippen LogP contribution in [0.2, 0.25) is 0 Å². The van der Waals surface area contributed by atoms with Crippen molar-refractivity contribution in [3.63, 3.8) is 0 Å². The van der Waals surface area contributed by atoms with Gasteiger partial charge in [0, 0.05) is 23.7 Å². The number of hydrogen-bond donors (Lipinski definition) is 1. The second-order valence-corrected chi connectivity index (χ2v) is 5.65. The fourth-order valence-electron chi connectivity index (χ4n) is 2.33. The molecule has 0 radical (unpaired) electrons. The van der Waals surface area contributed by atoms with E-state index in [0.717, 1.165) is 0 Å². The Hall–Kier alpha value is -3.15. The predicted molar refractivity (Wildman–Crippen MR) is 97.5 cm³/mol. The number of anilines is 1. The molecule has 0 heterocycles. The molecule has 0 aliphatic heterocycles. The van der Waals surface area contributed by atoms with Crippen molar-refractivity contribution < 1.29 is 23.9 Å². The van der Waals surface area contributed by atoms with Crippen LogP contribution < -0.4 is 10.1 Å². The average Bonchev–Trinajstić information content (AvgIpc) is 2.60. The van der Waals surface area contributed by atoms with Crippen LogP contribution >= 0.6 is 0 Å². The molecule has 136 valence electrons. The molecule has 0 saturated heterocycles. The Morgan fingerprint density at radius 2 is 1.62 bits per heavy atom. The molecule has 0 bridgehead atoms. The molecule has 6 heteroatoms. The molecule has 0 fully saturated rings. The van der Waals surface area contributed by atoms with Gasteiger partial charge in [-0.1, -0.05) is 0 Å². The molecule has 0 spiro atoms. The molecule has 26 heavy (non-hydrogen) atoms. The largest absolute Gasteiger partial charge is 0.493 e. The minimum Gasteiger partial charge on any atom is -0.493 e. The van der Waals surface area contributed by atoms with Crippen LogP contribution in [0.5, 0.6) is 5.75 Å². The number of carbonyl (C=O) groups excluding carboxylic acids is 3. The summed E-state index contributed by atoms with van der Waals surface area (Å²) < 4.78 is 10.9. The molecule has 0 aliphatic rings. The number of ketones is 1. The van der Waals surface area contributed by atoms with Crippen molar-refractivity contribution in [3.05, 3.63) is 59.2 Å². The predicted octanol–water partition coefficient (Wildman–Crippen LogP) is 3.60. The van der Waals surface area contributed by atoms with Gasteiger partial charge in [0.15, 0.2) is 5.78 Å². The molecule has 2 rings (SSSR count). The summed E-state index contributed by atoms with van der Waals surface area (Å²) in [6, 6.07) is 11.4. The SMILES string of the molecule is CCOc1ccc(C(C)=O)cc1COC(=O)c1ccc(NC(C)=O)cc1. The number of esters is 1. The maximum absolute atomic E-state index is 12.2. The van der Waals surface area contributed by atoms with Crippen LogP contribution in [-0.2, 0) is 16.1 Å². The van der Waals surface area contributed by atoms with Crippen LogP contribution in [-0.4, -0.2) is 24.3 Å². The second kappa shape index (κ2) is 8.80. The van der Waals surface area contributed by atoms with Crippen molar-refractivity contribution in [3.8, 4) is 5.75 Å². The zero-order valence-electron chi connectivity index (χ0n) is 15.0. The lowest BCUT2D eigenvalue weighted by molar-refractivity contribution is -0.114. The van der Waals surface area contributed by atoms with Crippen LogP contribution in [0.3, 0.4) is 0 Å². The van der Waals surface area contributed by atoms with Crippen molar-refractivity contribution in [2.45, 2.75) is 27.4 Å². The van der Waals surface area contributed by atoms with E-state index >= 15 is 0 Å². The van der Waals surface area contributed by atoms with Crippen LogP contribution in [0.15, 0.2) is 42.5 Å². The van der Waals surface area contributed by atoms with Crippen LogP contribution in [0.1, 0.15) is 47.1 Å². The first-order valence-corrected chi connectivity index (χ1v) is 8.22. The second-order valence-electron chi connectivity index (χ2n) is 5.65. The van der Waals surface area contributed by atoms with Crippen LogP contribution in [0.25, 0.3) is 0 Å². The number of hydrogen-bond acceptors (Lipinski definition) is 5. The smallest absolute Gasteiger partial charge is 0.338 e. The van der Waals surface area contributed by atoms with Gasteiger partial charge >= 0.3 is 5.97 Å². The highest BCUT2D eigenvalue weighted by molar-refractivity contribution is 5.94. The Bertz CT molecular complexity index is 811. The zero-order valence-corrected chi connectivity index (χ0v) is 15.0. The van der Waals surface area contributed by atoms with Gasteiger partial charge in [0.1, 0.15) is 12.4 Å². The van der Waals surface area contributed by atoms with E-state index in [1.165, 1.54) is 13.8 Å². The highest BCUT2D eigenvalue weighted by atomic mass is 16.5. The van der Waals surface area contributed by atoms with Gasteiger partial charge in [-0.15, -0.1) is 0 Å². The summed E-state index contributed by atoms with van der Waals surface area (Å²) >= 11 is 0. The third-order valence-corrected chi connectivity index (χ3v) is 3.57. The lowest BCUT2D eigenvalue weighted by Gasteiger charge is -2.12. The average molecular weight is 355 g/mol. The van der Waals surface area contributed by atoms with E-state index in [1.54, 1.807) is 42.5 Å². The molecule has 0 atom stereocenters. The molecular weight excluding hydrogens is 334 g/mol. The van der Waals surface area contributed by atoms with Crippen LogP contribution in [0.4, 0.5) is 5.69 Å². The number of carbonyl (C=O) groups is 3. The zero-order chi connectivity index (χ0) is 19.1. The van der Waals surface area contributed by atoms with E-state index in [4.69, 9.17) is 9.47 Å². The van der Waals surface area contributed by atoms with Gasteiger partial charge in [-0.25, -0.2) is 4.79 Å². The third-order valence-electron chi connectivity index (χ3n) is 3.57. The quantitative estimate of drug-likeness (QED) is 0.606. The van der Waals surface area contributed by atoms with Gasteiger partial charge in [0.25, 0.3) is 0 Å². The Kier molecular flexibility index (Phi) is 6.49. The monoisotopic (exact) mass is 355 g/mol. The van der Waals surface area contributed by atoms with E-state index < -0.39 is 5.97 Å². The Morgan fingerprint density at radius 1 is 0.962 bits per heavy atom. The molecule has 2 aromatic carbocycles. The molecular formula is C20H21NO5. The highest BCUT2D eigenvalue weighted by Crippen LogP contribution is 2.22. The van der Waals surface area contributed by atoms with Gasteiger partial charge in [-0.3, -0.25) is 9.59 Å². The van der Waals surface area contributed by atoms with Gasteiger partial charge in [-0.2, -0.15) is 0 Å². The van der Waals surface area contributed by atoms with E-state index in [9.17, 15) is 14.4 Å². The molecule has 0 saturated carbocycles. The topological polar surface area (TPSA) is 81.7 Å². The van der Waals surface area contributed by atoms with E-state index in [-0.39, 0.29) is 18.3 Å². The standard InChI is InChI=1S/C20H21NO5/c1-4-25-19-10-7-16(13(2)22)11-17(19)12-26-20(24)15-5-8-18(9-6-15)21-14(3)23/h5-11H,4,12H2,1-3H3,(H,21,23). The van der Waals surface area contributed by atoms with Gasteiger partial charge < -0.3 is 14.8 Å². The maximum atomic E-state index is 12.2. The van der Waals surface area contributed by atoms with Crippen molar-refractivity contribution >= 4 is 23.3 Å². The minimum atomic E-state index is -0.505. The number of amides is 1. The number of ether oxygens (including phenoxy) is 2. The number of benzene rings is 2. The molecule has 0 aliphatic carbocycles. The summed E-state index contributed by atoms with van der Waals surface area (Å²) in [6.07, 6.45) is 0. The van der Waals surface area contributed by atoms with Gasteiger partial charge in [0.2, 0.25) is 5.91 Å². The molecule has 0 aromatic heterocycles. The summed E-state index contributed by atoms with van der Waals surface area (Å²) in [5.74, 6) is -0.190. The molecule has 2 aromatic rings. The van der Waals surface area contributed by atoms with E-state index in [2.05, 4.69) is 5.32 Å². The van der Waals surface area contributed by atoms with Gasteiger partial charge in [-0.05, 0) is 56.3 Å². The van der Waals surface area contributed by atoms with Gasteiger partial charge in [0.05, 0.1) is 12.2 Å². The summed E-state index contributed by atoms with van der Waals surface area (Å²) in [6.45, 7) is 5.19. The van der Waals surface area contributed by atoms with Crippen molar-refractivity contribution in [1.82, 2.24) is 0 Å². The van der Waals surface area contributed by atoms with Crippen molar-refractivity contribution in [2.75, 3.05) is 11.9 Å². The first-order valence-electron chi connectivity index (χ1n) is 8.22. The first kappa shape index (κ1) is 19.2. The normalized spacial score (nSPS) is 10.1. The first-order chi connectivity index (χ1) is 12.4. The van der Waals surface area contributed by atoms with Crippen molar-refractivity contribution in [2.24, 2.45) is 0 Å². The maximum Gasteiger partial charge on any atom is 0.338 e.